The highest BCUT2D eigenvalue weighted by Gasteiger charge is 2.29. The summed E-state index contributed by atoms with van der Waals surface area (Å²) in [6.07, 6.45) is 6.77. The van der Waals surface area contributed by atoms with Gasteiger partial charge in [-0.25, -0.2) is 9.50 Å². The number of benzene rings is 1. The minimum absolute atomic E-state index is 0.330. The summed E-state index contributed by atoms with van der Waals surface area (Å²) < 4.78 is 8.78. The molecular weight excluding hydrogens is 444 g/mol. The molecule has 0 amide bonds. The number of likely N-dealkylation sites (tertiary alicyclic amines) is 1. The Kier molecular flexibility index (Phi) is 6.02. The van der Waals surface area contributed by atoms with Crippen molar-refractivity contribution in [2.24, 2.45) is 0 Å². The third-order valence-electron chi connectivity index (χ3n) is 6.47. The number of ether oxygens (including phenoxy) is 1. The molecule has 1 atom stereocenters. The van der Waals surface area contributed by atoms with Crippen LogP contribution in [0.25, 0.3) is 26.0 Å². The lowest BCUT2D eigenvalue weighted by Crippen LogP contribution is -2.18. The number of aromatic nitrogens is 3. The molecule has 1 unspecified atom stereocenters. The summed E-state index contributed by atoms with van der Waals surface area (Å²) in [5, 5.41) is 8.91. The molecule has 1 aliphatic heterocycles. The number of nitrogen functional groups attached to an aromatic ring is 1. The average Bonchev–Trinajstić information content (AvgIpc) is 3.55. The van der Waals surface area contributed by atoms with Crippen molar-refractivity contribution in [3.8, 4) is 16.2 Å². The van der Waals surface area contributed by atoms with Crippen LogP contribution in [0.4, 0.5) is 5.82 Å². The van der Waals surface area contributed by atoms with Gasteiger partial charge in [-0.05, 0) is 55.6 Å². The second-order valence-corrected chi connectivity index (χ2v) is 9.82. The number of fused-ring (bicyclic) bond motifs is 2. The molecule has 0 bridgehead atoms. The Hall–Kier alpha value is -3.36. The largest absolute Gasteiger partial charge is 0.495 e. The number of nitrogens with two attached hydrogens (primary N) is 1. The standard InChI is InChI=1S/C26H30N6OS/c1-16-10-19-12-23(34-25(19)22(11-16)33-4)20-13-21(32-24(20)26(27)29-15-30-32)18-7-9-31(14-18)17(2)6-5-8-28-3/h5-6,10-13,15,18,28H,2,7-9,14H2,1,3-4H3,(H2,27,29,30)/b6-5+. The normalized spacial score (nSPS) is 16.3. The number of nitrogens with zero attached hydrogens (tertiary/aromatic N) is 4. The first-order chi connectivity index (χ1) is 16.5. The Balaban J connectivity index is 1.55. The maximum atomic E-state index is 6.39. The lowest BCUT2D eigenvalue weighted by molar-refractivity contribution is 0.420. The first-order valence-corrected chi connectivity index (χ1v) is 12.3. The van der Waals surface area contributed by atoms with Gasteiger partial charge in [0.1, 0.15) is 17.6 Å². The molecule has 4 aromatic rings. The fourth-order valence-electron chi connectivity index (χ4n) is 4.80. The van der Waals surface area contributed by atoms with Gasteiger partial charge in [0, 0.05) is 47.4 Å². The topological polar surface area (TPSA) is 80.7 Å². The van der Waals surface area contributed by atoms with E-state index in [9.17, 15) is 0 Å². The molecule has 8 heteroatoms. The van der Waals surface area contributed by atoms with E-state index in [0.29, 0.717) is 11.7 Å². The zero-order chi connectivity index (χ0) is 23.8. The van der Waals surface area contributed by atoms with E-state index in [0.717, 1.165) is 63.9 Å². The summed E-state index contributed by atoms with van der Waals surface area (Å²) >= 11 is 1.72. The van der Waals surface area contributed by atoms with Crippen LogP contribution >= 0.6 is 11.3 Å². The first-order valence-electron chi connectivity index (χ1n) is 11.5. The summed E-state index contributed by atoms with van der Waals surface area (Å²) in [7, 11) is 3.66. The van der Waals surface area contributed by atoms with Crippen LogP contribution in [0.5, 0.6) is 5.75 Å². The molecule has 3 aromatic heterocycles. The van der Waals surface area contributed by atoms with Gasteiger partial charge >= 0.3 is 0 Å². The number of anilines is 1. The van der Waals surface area contributed by atoms with Gasteiger partial charge in [-0.3, -0.25) is 0 Å². The SMILES string of the molecule is C=C(/C=C/CNC)N1CCC(c2cc(-c3cc4cc(C)cc(OC)c4s3)c3c(N)ncnn23)C1. The fraction of sp³-hybridized carbons (Fsp3) is 0.308. The van der Waals surface area contributed by atoms with Crippen LogP contribution in [0.3, 0.4) is 0 Å². The van der Waals surface area contributed by atoms with Gasteiger partial charge in [0.25, 0.3) is 0 Å². The second-order valence-electron chi connectivity index (χ2n) is 8.77. The fourth-order valence-corrected chi connectivity index (χ4v) is 5.95. The van der Waals surface area contributed by atoms with E-state index in [-0.39, 0.29) is 0 Å². The summed E-state index contributed by atoms with van der Waals surface area (Å²) in [5.74, 6) is 1.72. The van der Waals surface area contributed by atoms with Crippen LogP contribution in [-0.4, -0.2) is 53.3 Å². The molecule has 5 rings (SSSR count). The van der Waals surface area contributed by atoms with E-state index in [4.69, 9.17) is 10.5 Å². The molecule has 1 fully saturated rings. The third kappa shape index (κ3) is 3.93. The van der Waals surface area contributed by atoms with Crippen molar-refractivity contribution in [2.45, 2.75) is 19.3 Å². The Labute approximate surface area is 203 Å². The van der Waals surface area contributed by atoms with Crippen molar-refractivity contribution < 1.29 is 4.74 Å². The number of hydrogen-bond acceptors (Lipinski definition) is 7. The molecular formula is C26H30N6OS. The van der Waals surface area contributed by atoms with E-state index in [1.807, 2.05) is 11.6 Å². The molecule has 1 aliphatic rings. The molecule has 3 N–H and O–H groups in total. The maximum absolute atomic E-state index is 6.39. The van der Waals surface area contributed by atoms with E-state index >= 15 is 0 Å². The zero-order valence-electron chi connectivity index (χ0n) is 19.8. The predicted molar refractivity (Wildman–Crippen MR) is 141 cm³/mol. The Morgan fingerprint density at radius 2 is 2.21 bits per heavy atom. The number of aryl methyl sites for hydroxylation is 1. The number of likely N-dealkylation sites (N-methyl/N-ethyl adjacent to an activating group) is 1. The highest BCUT2D eigenvalue weighted by molar-refractivity contribution is 7.22. The average molecular weight is 475 g/mol. The Morgan fingerprint density at radius 3 is 3.00 bits per heavy atom. The predicted octanol–water partition coefficient (Wildman–Crippen LogP) is 4.59. The molecule has 1 aromatic carbocycles. The van der Waals surface area contributed by atoms with Gasteiger partial charge in [0.15, 0.2) is 5.82 Å². The molecule has 176 valence electrons. The molecule has 4 heterocycles. The van der Waals surface area contributed by atoms with Crippen LogP contribution in [0.1, 0.15) is 23.6 Å². The van der Waals surface area contributed by atoms with Crippen molar-refractivity contribution in [1.82, 2.24) is 24.8 Å². The summed E-state index contributed by atoms with van der Waals surface area (Å²) in [4.78, 5) is 7.78. The summed E-state index contributed by atoms with van der Waals surface area (Å²) in [5.41, 5.74) is 11.7. The molecule has 7 nitrogen and oxygen atoms in total. The number of nitrogens with one attached hydrogen (secondary N) is 1. The number of rotatable bonds is 7. The molecule has 0 aliphatic carbocycles. The Bertz CT molecular complexity index is 1400. The number of hydrogen-bond donors (Lipinski definition) is 2. The van der Waals surface area contributed by atoms with Crippen molar-refractivity contribution in [3.63, 3.8) is 0 Å². The number of allylic oxidation sites excluding steroid dienone is 1. The van der Waals surface area contributed by atoms with Gasteiger partial charge in [-0.15, -0.1) is 11.3 Å². The minimum Gasteiger partial charge on any atom is -0.495 e. The van der Waals surface area contributed by atoms with E-state index in [1.54, 1.807) is 24.8 Å². The van der Waals surface area contributed by atoms with Gasteiger partial charge in [-0.2, -0.15) is 5.10 Å². The molecule has 0 spiro atoms. The maximum Gasteiger partial charge on any atom is 0.152 e. The van der Waals surface area contributed by atoms with Gasteiger partial charge in [0.05, 0.1) is 11.8 Å². The van der Waals surface area contributed by atoms with Crippen molar-refractivity contribution >= 4 is 32.8 Å². The highest BCUT2D eigenvalue weighted by atomic mass is 32.1. The molecule has 0 saturated carbocycles. The van der Waals surface area contributed by atoms with Crippen molar-refractivity contribution in [2.75, 3.05) is 39.5 Å². The Morgan fingerprint density at radius 1 is 1.35 bits per heavy atom. The van der Waals surface area contributed by atoms with Crippen LogP contribution in [0.2, 0.25) is 0 Å². The van der Waals surface area contributed by atoms with Crippen LogP contribution < -0.4 is 15.8 Å². The van der Waals surface area contributed by atoms with Gasteiger partial charge < -0.3 is 20.7 Å². The van der Waals surface area contributed by atoms with Crippen LogP contribution in [0, 0.1) is 6.92 Å². The smallest absolute Gasteiger partial charge is 0.152 e. The lowest BCUT2D eigenvalue weighted by atomic mass is 10.0. The first kappa shape index (κ1) is 22.4. The van der Waals surface area contributed by atoms with E-state index in [1.165, 1.54) is 10.9 Å². The van der Waals surface area contributed by atoms with Gasteiger partial charge in [0.2, 0.25) is 0 Å². The van der Waals surface area contributed by atoms with Crippen molar-refractivity contribution in [3.05, 3.63) is 66.3 Å². The minimum atomic E-state index is 0.330. The summed E-state index contributed by atoms with van der Waals surface area (Å²) in [6.45, 7) is 9.05. The highest BCUT2D eigenvalue weighted by Crippen LogP contribution is 2.43. The molecule has 34 heavy (non-hydrogen) atoms. The zero-order valence-corrected chi connectivity index (χ0v) is 20.7. The molecule has 0 radical (unpaired) electrons. The monoisotopic (exact) mass is 474 g/mol. The third-order valence-corrected chi connectivity index (χ3v) is 7.67. The van der Waals surface area contributed by atoms with E-state index in [2.05, 4.69) is 70.2 Å². The lowest BCUT2D eigenvalue weighted by Gasteiger charge is -2.18. The van der Waals surface area contributed by atoms with Gasteiger partial charge in [-0.1, -0.05) is 18.7 Å². The number of methoxy groups -OCH3 is 1. The second kappa shape index (κ2) is 9.12. The number of thiophene rings is 1. The van der Waals surface area contributed by atoms with Crippen molar-refractivity contribution in [1.29, 1.82) is 0 Å². The van der Waals surface area contributed by atoms with E-state index < -0.39 is 0 Å². The summed E-state index contributed by atoms with van der Waals surface area (Å²) in [6, 6.07) is 8.74. The van der Waals surface area contributed by atoms with Crippen LogP contribution in [0.15, 0.2) is 55.0 Å². The molecule has 1 saturated heterocycles. The van der Waals surface area contributed by atoms with Crippen LogP contribution in [-0.2, 0) is 0 Å². The quantitative estimate of drug-likeness (QED) is 0.382.